The molecule has 0 unspecified atom stereocenters. The summed E-state index contributed by atoms with van der Waals surface area (Å²) < 4.78 is 3.88. The van der Waals surface area contributed by atoms with Gasteiger partial charge < -0.3 is 26.1 Å². The van der Waals surface area contributed by atoms with Gasteiger partial charge in [0.25, 0.3) is 11.8 Å². The van der Waals surface area contributed by atoms with Crippen LogP contribution < -0.4 is 11.1 Å². The van der Waals surface area contributed by atoms with Crippen molar-refractivity contribution in [2.45, 2.75) is 11.4 Å². The lowest BCUT2D eigenvalue weighted by molar-refractivity contribution is -0.150. The van der Waals surface area contributed by atoms with Crippen molar-refractivity contribution in [1.29, 1.82) is 0 Å². The number of nitrogens with two attached hydrogens (primary N) is 1. The predicted octanol–water partition coefficient (Wildman–Crippen LogP) is -1.80. The number of nitrogen functional groups attached to an aromatic ring is 1. The molecule has 12 nitrogen and oxygen atoms in total. The third-order valence-corrected chi connectivity index (χ3v) is 5.66. The molecule has 0 aromatic carbocycles. The highest BCUT2D eigenvalue weighted by Gasteiger charge is 2.54. The SMILES string of the molecule is CO/N=C(\C(=O)N[C@H]1C(=O)N2C(C(=O)O)=C(CO)CS[C@@H]12)c1nsc(N)n1. The summed E-state index contributed by atoms with van der Waals surface area (Å²) in [5, 5.41) is 24.2. The lowest BCUT2D eigenvalue weighted by Crippen LogP contribution is -2.71. The van der Waals surface area contributed by atoms with E-state index in [2.05, 4.69) is 24.7 Å². The minimum Gasteiger partial charge on any atom is -0.477 e. The van der Waals surface area contributed by atoms with Crippen molar-refractivity contribution in [3.8, 4) is 0 Å². The largest absolute Gasteiger partial charge is 0.477 e. The highest BCUT2D eigenvalue weighted by molar-refractivity contribution is 8.00. The van der Waals surface area contributed by atoms with E-state index in [9.17, 15) is 24.6 Å². The Morgan fingerprint density at radius 3 is 2.81 bits per heavy atom. The summed E-state index contributed by atoms with van der Waals surface area (Å²) in [5.41, 5.74) is 5.23. The van der Waals surface area contributed by atoms with Crippen LogP contribution in [0.4, 0.5) is 5.13 Å². The zero-order chi connectivity index (χ0) is 19.7. The Morgan fingerprint density at radius 1 is 1.52 bits per heavy atom. The quantitative estimate of drug-likeness (QED) is 0.236. The van der Waals surface area contributed by atoms with Crippen molar-refractivity contribution >= 4 is 51.9 Å². The van der Waals surface area contributed by atoms with E-state index >= 15 is 0 Å². The van der Waals surface area contributed by atoms with E-state index in [4.69, 9.17) is 5.73 Å². The lowest BCUT2D eigenvalue weighted by Gasteiger charge is -2.49. The fourth-order valence-corrected chi connectivity index (χ4v) is 4.39. The minimum absolute atomic E-state index is 0.0505. The molecule has 3 heterocycles. The smallest absolute Gasteiger partial charge is 0.352 e. The Kier molecular flexibility index (Phi) is 5.29. The molecule has 144 valence electrons. The van der Waals surface area contributed by atoms with E-state index in [1.54, 1.807) is 0 Å². The number of oxime groups is 1. The summed E-state index contributed by atoms with van der Waals surface area (Å²) in [6.45, 7) is -0.469. The minimum atomic E-state index is -1.31. The van der Waals surface area contributed by atoms with E-state index in [1.165, 1.54) is 18.9 Å². The first-order valence-electron chi connectivity index (χ1n) is 7.41. The standard InChI is InChI=1S/C13H14N6O6S2/c1-25-17-5(8-16-13(14)27-18-8)9(21)15-6-10(22)19-7(12(23)24)4(2-20)3-26-11(6)19/h6,11,20H,2-3H2,1H3,(H,15,21)(H,23,24)(H2,14,16,18)/b17-5-/t6-,11-/m0/s1. The number of aliphatic hydroxyl groups excluding tert-OH is 1. The first kappa shape index (κ1) is 19.1. The third kappa shape index (κ3) is 3.33. The Bertz CT molecular complexity index is 867. The maximum Gasteiger partial charge on any atom is 0.352 e. The number of carboxylic acids is 1. The van der Waals surface area contributed by atoms with Crippen LogP contribution >= 0.6 is 23.3 Å². The molecule has 2 amide bonds. The number of nitrogens with one attached hydrogen (secondary N) is 1. The fraction of sp³-hybridized carbons (Fsp3) is 0.385. The van der Waals surface area contributed by atoms with Gasteiger partial charge in [-0.05, 0) is 5.57 Å². The van der Waals surface area contributed by atoms with Crippen LogP contribution in [0.2, 0.25) is 0 Å². The predicted molar refractivity (Wildman–Crippen MR) is 94.6 cm³/mol. The first-order chi connectivity index (χ1) is 12.9. The first-order valence-corrected chi connectivity index (χ1v) is 9.23. The number of fused-ring (bicyclic) bond motifs is 1. The van der Waals surface area contributed by atoms with Gasteiger partial charge in [0.15, 0.2) is 5.13 Å². The van der Waals surface area contributed by atoms with Crippen molar-refractivity contribution in [3.05, 3.63) is 17.1 Å². The molecule has 0 bridgehead atoms. The zero-order valence-electron chi connectivity index (χ0n) is 13.8. The summed E-state index contributed by atoms with van der Waals surface area (Å²) in [6, 6.07) is -0.963. The number of aromatic nitrogens is 2. The molecular weight excluding hydrogens is 400 g/mol. The number of rotatable bonds is 6. The number of hydrogen-bond donors (Lipinski definition) is 4. The average molecular weight is 414 g/mol. The molecule has 0 aliphatic carbocycles. The number of anilines is 1. The summed E-state index contributed by atoms with van der Waals surface area (Å²) in [4.78, 5) is 45.9. The van der Waals surface area contributed by atoms with Gasteiger partial charge in [-0.1, -0.05) is 5.16 Å². The molecule has 1 aromatic heterocycles. The Hall–Kier alpha value is -2.71. The molecule has 14 heteroatoms. The van der Waals surface area contributed by atoms with Crippen LogP contribution in [0.25, 0.3) is 0 Å². The average Bonchev–Trinajstić information content (AvgIpc) is 3.08. The number of carbonyl (C=O) groups excluding carboxylic acids is 2. The molecule has 3 rings (SSSR count). The molecule has 27 heavy (non-hydrogen) atoms. The van der Waals surface area contributed by atoms with Crippen molar-refractivity contribution < 1.29 is 29.4 Å². The molecular formula is C13H14N6O6S2. The van der Waals surface area contributed by atoms with Crippen LogP contribution in [0.1, 0.15) is 5.82 Å². The van der Waals surface area contributed by atoms with Crippen molar-refractivity contribution in [1.82, 2.24) is 19.6 Å². The van der Waals surface area contributed by atoms with Gasteiger partial charge in [0.2, 0.25) is 11.5 Å². The highest BCUT2D eigenvalue weighted by Crippen LogP contribution is 2.40. The second kappa shape index (κ2) is 7.50. The Balaban J connectivity index is 1.79. The fourth-order valence-electron chi connectivity index (χ4n) is 2.62. The second-order valence-corrected chi connectivity index (χ2v) is 7.24. The molecule has 1 saturated heterocycles. The van der Waals surface area contributed by atoms with E-state index in [0.717, 1.165) is 16.4 Å². The number of β-lactam (4-membered cyclic amide) rings is 1. The molecule has 1 aromatic rings. The van der Waals surface area contributed by atoms with Gasteiger partial charge in [0.05, 0.1) is 6.61 Å². The highest BCUT2D eigenvalue weighted by atomic mass is 32.2. The van der Waals surface area contributed by atoms with Crippen LogP contribution in [-0.2, 0) is 19.2 Å². The topological polar surface area (TPSA) is 180 Å². The number of aliphatic carboxylic acids is 1. The van der Waals surface area contributed by atoms with Gasteiger partial charge in [-0.25, -0.2) is 4.79 Å². The van der Waals surface area contributed by atoms with Gasteiger partial charge >= 0.3 is 5.97 Å². The normalized spacial score (nSPS) is 22.2. The number of hydrogen-bond acceptors (Lipinski definition) is 11. The second-order valence-electron chi connectivity index (χ2n) is 5.36. The number of carboxylic acid groups (broad SMARTS) is 1. The molecule has 0 radical (unpaired) electrons. The molecule has 1 fully saturated rings. The van der Waals surface area contributed by atoms with Gasteiger partial charge in [-0.3, -0.25) is 14.5 Å². The monoisotopic (exact) mass is 414 g/mol. The zero-order valence-corrected chi connectivity index (χ0v) is 15.4. The van der Waals surface area contributed by atoms with Gasteiger partial charge in [-0.2, -0.15) is 9.36 Å². The molecule has 5 N–H and O–H groups in total. The third-order valence-electron chi connectivity index (χ3n) is 3.78. The molecule has 0 spiro atoms. The van der Waals surface area contributed by atoms with Crippen LogP contribution in [0.5, 0.6) is 0 Å². The summed E-state index contributed by atoms with van der Waals surface area (Å²) >= 11 is 2.10. The summed E-state index contributed by atoms with van der Waals surface area (Å²) in [7, 11) is 1.23. The maximum absolute atomic E-state index is 12.5. The maximum atomic E-state index is 12.5. The molecule has 2 atom stereocenters. The number of nitrogens with zero attached hydrogens (tertiary/aromatic N) is 4. The molecule has 2 aliphatic heterocycles. The van der Waals surface area contributed by atoms with Gasteiger partial charge in [0, 0.05) is 17.3 Å². The summed E-state index contributed by atoms with van der Waals surface area (Å²) in [6.07, 6.45) is 0. The van der Waals surface area contributed by atoms with Gasteiger partial charge in [-0.15, -0.1) is 11.8 Å². The van der Waals surface area contributed by atoms with Crippen LogP contribution in [-0.4, -0.2) is 78.9 Å². The summed E-state index contributed by atoms with van der Waals surface area (Å²) in [5.74, 6) is -2.51. The van der Waals surface area contributed by atoms with E-state index in [0.29, 0.717) is 0 Å². The van der Waals surface area contributed by atoms with Gasteiger partial charge in [0.1, 0.15) is 24.2 Å². The number of thioether (sulfide) groups is 1. The van der Waals surface area contributed by atoms with E-state index in [1.807, 2.05) is 0 Å². The van der Waals surface area contributed by atoms with Crippen LogP contribution in [0.3, 0.4) is 0 Å². The van der Waals surface area contributed by atoms with Crippen LogP contribution in [0.15, 0.2) is 16.4 Å². The van der Waals surface area contributed by atoms with Crippen LogP contribution in [0, 0.1) is 0 Å². The Labute approximate surface area is 160 Å². The molecule has 0 saturated carbocycles. The lowest BCUT2D eigenvalue weighted by atomic mass is 10.0. The number of amides is 2. The Morgan fingerprint density at radius 2 is 2.26 bits per heavy atom. The van der Waals surface area contributed by atoms with Crippen molar-refractivity contribution in [2.24, 2.45) is 5.16 Å². The van der Waals surface area contributed by atoms with E-state index < -0.39 is 35.8 Å². The number of aliphatic hydroxyl groups is 1. The number of carbonyl (C=O) groups is 3. The molecule has 2 aliphatic rings. The van der Waals surface area contributed by atoms with E-state index in [-0.39, 0.29) is 33.7 Å². The van der Waals surface area contributed by atoms with Crippen molar-refractivity contribution in [3.63, 3.8) is 0 Å². The van der Waals surface area contributed by atoms with Crippen molar-refractivity contribution in [2.75, 3.05) is 25.2 Å².